The summed E-state index contributed by atoms with van der Waals surface area (Å²) >= 11 is 0. The van der Waals surface area contributed by atoms with Gasteiger partial charge in [-0.3, -0.25) is 0 Å². The third-order valence-electron chi connectivity index (χ3n) is 6.98. The summed E-state index contributed by atoms with van der Waals surface area (Å²) < 4.78 is 11.0. The van der Waals surface area contributed by atoms with Crippen LogP contribution in [0.3, 0.4) is 0 Å². The molecule has 34 heavy (non-hydrogen) atoms. The monoisotopic (exact) mass is 439 g/mol. The van der Waals surface area contributed by atoms with E-state index in [9.17, 15) is 0 Å². The fourth-order valence-electron chi connectivity index (χ4n) is 5.36. The Hall–Kier alpha value is -4.37. The first kappa shape index (κ1) is 19.1. The molecule has 7 rings (SSSR count). The van der Waals surface area contributed by atoms with Crippen LogP contribution in [0.1, 0.15) is 5.56 Å². The van der Waals surface area contributed by atoms with Gasteiger partial charge in [-0.1, -0.05) is 54.6 Å². The first-order valence-corrected chi connectivity index (χ1v) is 11.6. The van der Waals surface area contributed by atoms with Gasteiger partial charge in [0.25, 0.3) is 5.69 Å². The molecule has 0 saturated heterocycles. The SMILES string of the molecule is Cc1ccccc1-c1c2oc3ccc(-n4c5ccccc5c5ccccc54)cc3c2cc[n+]1C. The lowest BCUT2D eigenvalue weighted by atomic mass is 10.0. The molecule has 0 atom stereocenters. The Morgan fingerprint density at radius 2 is 1.35 bits per heavy atom. The standard InChI is InChI=1S/C31H23N2O/c1-20-9-3-4-10-22(20)30-31-25(17-18-32(30)2)26-19-21(15-16-29(26)34-31)33-27-13-7-5-11-23(27)24-12-6-8-14-28(24)33/h3-19H,1-2H3/q+1. The highest BCUT2D eigenvalue weighted by Gasteiger charge is 2.22. The number of pyridine rings is 1. The fraction of sp³-hybridized carbons (Fsp3) is 0.0645. The molecule has 7 aromatic rings. The van der Waals surface area contributed by atoms with Crippen molar-refractivity contribution in [1.82, 2.24) is 4.57 Å². The maximum Gasteiger partial charge on any atom is 0.256 e. The van der Waals surface area contributed by atoms with Crippen LogP contribution in [-0.4, -0.2) is 4.57 Å². The number of hydrogen-bond acceptors (Lipinski definition) is 1. The molecule has 0 bridgehead atoms. The van der Waals surface area contributed by atoms with Crippen LogP contribution in [0.25, 0.3) is 60.7 Å². The molecular formula is C31H23N2O+. The molecule has 0 fully saturated rings. The molecule has 0 aliphatic rings. The summed E-state index contributed by atoms with van der Waals surface area (Å²) in [5.41, 5.74) is 8.91. The number of fused-ring (bicyclic) bond motifs is 6. The molecule has 0 amide bonds. The van der Waals surface area contributed by atoms with Crippen LogP contribution in [0.2, 0.25) is 0 Å². The summed E-state index contributed by atoms with van der Waals surface area (Å²) in [7, 11) is 2.08. The van der Waals surface area contributed by atoms with Gasteiger partial charge in [0.15, 0.2) is 6.20 Å². The second-order valence-electron chi connectivity index (χ2n) is 8.99. The topological polar surface area (TPSA) is 21.9 Å². The lowest BCUT2D eigenvalue weighted by Crippen LogP contribution is -2.30. The van der Waals surface area contributed by atoms with E-state index in [0.717, 1.165) is 33.3 Å². The molecule has 3 heteroatoms. The summed E-state index contributed by atoms with van der Waals surface area (Å²) in [5, 5.41) is 4.80. The number of benzene rings is 4. The van der Waals surface area contributed by atoms with Gasteiger partial charge < -0.3 is 8.98 Å². The van der Waals surface area contributed by atoms with E-state index in [1.165, 1.54) is 32.9 Å². The van der Waals surface area contributed by atoms with Crippen LogP contribution in [0.5, 0.6) is 0 Å². The van der Waals surface area contributed by atoms with Gasteiger partial charge in [-0.05, 0) is 48.9 Å². The number of para-hydroxylation sites is 2. The molecule has 0 aliphatic heterocycles. The second kappa shape index (κ2) is 7.06. The van der Waals surface area contributed by atoms with Gasteiger partial charge in [0.1, 0.15) is 12.6 Å². The van der Waals surface area contributed by atoms with E-state index in [2.05, 4.69) is 126 Å². The zero-order chi connectivity index (χ0) is 22.8. The van der Waals surface area contributed by atoms with E-state index in [4.69, 9.17) is 4.42 Å². The van der Waals surface area contributed by atoms with Crippen molar-refractivity contribution in [3.63, 3.8) is 0 Å². The Bertz CT molecular complexity index is 1830. The van der Waals surface area contributed by atoms with Gasteiger partial charge in [0.2, 0.25) is 5.58 Å². The largest absolute Gasteiger partial charge is 0.449 e. The molecule has 4 aromatic carbocycles. The summed E-state index contributed by atoms with van der Waals surface area (Å²) in [6, 6.07) is 34.4. The summed E-state index contributed by atoms with van der Waals surface area (Å²) in [6.07, 6.45) is 2.13. The lowest BCUT2D eigenvalue weighted by molar-refractivity contribution is -0.659. The van der Waals surface area contributed by atoms with E-state index in [0.29, 0.717) is 0 Å². The summed E-state index contributed by atoms with van der Waals surface area (Å²) in [5.74, 6) is 0. The van der Waals surface area contributed by atoms with E-state index in [-0.39, 0.29) is 0 Å². The predicted molar refractivity (Wildman–Crippen MR) is 139 cm³/mol. The van der Waals surface area contributed by atoms with Gasteiger partial charge in [-0.25, -0.2) is 0 Å². The number of aryl methyl sites for hydroxylation is 2. The first-order chi connectivity index (χ1) is 16.7. The molecule has 0 N–H and O–H groups in total. The van der Waals surface area contributed by atoms with Crippen molar-refractivity contribution < 1.29 is 8.98 Å². The Kier molecular flexibility index (Phi) is 3.97. The van der Waals surface area contributed by atoms with E-state index in [1.54, 1.807) is 0 Å². The fourth-order valence-corrected chi connectivity index (χ4v) is 5.36. The van der Waals surface area contributed by atoms with Crippen LogP contribution in [-0.2, 0) is 7.05 Å². The lowest BCUT2D eigenvalue weighted by Gasteiger charge is -2.08. The zero-order valence-corrected chi connectivity index (χ0v) is 19.1. The normalized spacial score (nSPS) is 11.8. The van der Waals surface area contributed by atoms with Gasteiger partial charge in [-0.15, -0.1) is 0 Å². The molecular weight excluding hydrogens is 416 g/mol. The van der Waals surface area contributed by atoms with E-state index < -0.39 is 0 Å². The van der Waals surface area contributed by atoms with Crippen LogP contribution >= 0.6 is 0 Å². The maximum atomic E-state index is 6.49. The third-order valence-corrected chi connectivity index (χ3v) is 6.98. The Balaban J connectivity index is 1.54. The van der Waals surface area contributed by atoms with Crippen LogP contribution in [0, 0.1) is 6.92 Å². The van der Waals surface area contributed by atoms with Crippen molar-refractivity contribution in [1.29, 1.82) is 0 Å². The van der Waals surface area contributed by atoms with Crippen molar-refractivity contribution in [2.75, 3.05) is 0 Å². The average Bonchev–Trinajstić information content (AvgIpc) is 3.40. The van der Waals surface area contributed by atoms with Crippen molar-refractivity contribution in [3.8, 4) is 16.9 Å². The van der Waals surface area contributed by atoms with Crippen LogP contribution in [0.4, 0.5) is 0 Å². The minimum atomic E-state index is 0.903. The molecule has 162 valence electrons. The Morgan fingerprint density at radius 1 is 0.676 bits per heavy atom. The van der Waals surface area contributed by atoms with Gasteiger partial charge in [-0.2, -0.15) is 4.57 Å². The average molecular weight is 440 g/mol. The smallest absolute Gasteiger partial charge is 0.256 e. The predicted octanol–water partition coefficient (Wildman–Crippen LogP) is 7.48. The molecule has 0 unspecified atom stereocenters. The number of nitrogens with zero attached hydrogens (tertiary/aromatic N) is 2. The molecule has 0 radical (unpaired) electrons. The van der Waals surface area contributed by atoms with E-state index >= 15 is 0 Å². The minimum absolute atomic E-state index is 0.903. The molecule has 0 spiro atoms. The highest BCUT2D eigenvalue weighted by Crippen LogP contribution is 2.37. The number of furan rings is 1. The number of aromatic nitrogens is 2. The number of hydrogen-bond donors (Lipinski definition) is 0. The van der Waals surface area contributed by atoms with Crippen LogP contribution < -0.4 is 4.57 Å². The van der Waals surface area contributed by atoms with Gasteiger partial charge >= 0.3 is 0 Å². The second-order valence-corrected chi connectivity index (χ2v) is 8.99. The first-order valence-electron chi connectivity index (χ1n) is 11.6. The van der Waals surface area contributed by atoms with Crippen molar-refractivity contribution in [3.05, 3.63) is 109 Å². The highest BCUT2D eigenvalue weighted by molar-refractivity contribution is 6.11. The van der Waals surface area contributed by atoms with E-state index in [1.807, 2.05) is 0 Å². The maximum absolute atomic E-state index is 6.49. The van der Waals surface area contributed by atoms with Crippen LogP contribution in [0.15, 0.2) is 108 Å². The Labute approximate surface area is 197 Å². The minimum Gasteiger partial charge on any atom is -0.449 e. The zero-order valence-electron chi connectivity index (χ0n) is 19.1. The van der Waals surface area contributed by atoms with Crippen molar-refractivity contribution >= 4 is 43.7 Å². The molecule has 0 aliphatic carbocycles. The Morgan fingerprint density at radius 3 is 2.09 bits per heavy atom. The molecule has 3 nitrogen and oxygen atoms in total. The molecule has 3 aromatic heterocycles. The van der Waals surface area contributed by atoms with Crippen molar-refractivity contribution in [2.45, 2.75) is 6.92 Å². The summed E-state index contributed by atoms with van der Waals surface area (Å²) in [4.78, 5) is 0. The quantitative estimate of drug-likeness (QED) is 0.256. The van der Waals surface area contributed by atoms with Gasteiger partial charge in [0, 0.05) is 33.3 Å². The molecule has 3 heterocycles. The third kappa shape index (κ3) is 2.61. The highest BCUT2D eigenvalue weighted by atomic mass is 16.3. The molecule has 0 saturated carbocycles. The van der Waals surface area contributed by atoms with Crippen molar-refractivity contribution in [2.24, 2.45) is 7.05 Å². The number of rotatable bonds is 2. The summed E-state index contributed by atoms with van der Waals surface area (Å²) in [6.45, 7) is 2.15. The van der Waals surface area contributed by atoms with Gasteiger partial charge in [0.05, 0.1) is 16.6 Å².